The van der Waals surface area contributed by atoms with Gasteiger partial charge in [-0.2, -0.15) is 0 Å². The van der Waals surface area contributed by atoms with Gasteiger partial charge in [-0.25, -0.2) is 0 Å². The highest BCUT2D eigenvalue weighted by Gasteiger charge is 2.26. The number of hydrogen-bond donors (Lipinski definition) is 1. The summed E-state index contributed by atoms with van der Waals surface area (Å²) < 4.78 is 0. The lowest BCUT2D eigenvalue weighted by Gasteiger charge is -2.27. The summed E-state index contributed by atoms with van der Waals surface area (Å²) in [6.45, 7) is 5.86. The lowest BCUT2D eigenvalue weighted by molar-refractivity contribution is 0.0628. The van der Waals surface area contributed by atoms with Crippen LogP contribution in [0.4, 0.5) is 0 Å². The second kappa shape index (κ2) is 4.09. The van der Waals surface area contributed by atoms with Gasteiger partial charge >= 0.3 is 0 Å². The van der Waals surface area contributed by atoms with Crippen molar-refractivity contribution in [2.45, 2.75) is 26.9 Å². The second-order valence-corrected chi connectivity index (χ2v) is 5.20. The first kappa shape index (κ1) is 11.8. The van der Waals surface area contributed by atoms with Crippen molar-refractivity contribution in [3.8, 4) is 0 Å². The van der Waals surface area contributed by atoms with E-state index in [-0.39, 0.29) is 5.41 Å². The molecule has 0 heterocycles. The molecule has 0 spiro atoms. The molecule has 1 rings (SSSR count). The van der Waals surface area contributed by atoms with E-state index in [1.165, 1.54) is 0 Å². The van der Waals surface area contributed by atoms with Crippen molar-refractivity contribution in [1.29, 1.82) is 0 Å². The summed E-state index contributed by atoms with van der Waals surface area (Å²) in [5.74, 6) is 0. The van der Waals surface area contributed by atoms with Crippen LogP contribution < -0.4 is 0 Å². The van der Waals surface area contributed by atoms with Crippen molar-refractivity contribution in [2.24, 2.45) is 5.41 Å². The Bertz CT molecular complexity index is 329. The lowest BCUT2D eigenvalue weighted by Crippen LogP contribution is -2.18. The Hall–Kier alpha value is -0.240. The van der Waals surface area contributed by atoms with Crippen LogP contribution in [-0.4, -0.2) is 5.11 Å². The second-order valence-electron chi connectivity index (χ2n) is 4.41. The zero-order chi connectivity index (χ0) is 10.9. The van der Waals surface area contributed by atoms with E-state index >= 15 is 0 Å². The minimum Gasteiger partial charge on any atom is -0.388 e. The van der Waals surface area contributed by atoms with Crippen molar-refractivity contribution in [1.82, 2.24) is 0 Å². The first-order valence-corrected chi connectivity index (χ1v) is 5.21. The standard InChI is InChI=1S/C11H14Cl2O/c1-11(2,3)10(14)7-5-4-6-8(12)9(7)13/h4-6,10,14H,1-3H3. The molecule has 0 amide bonds. The number of aliphatic hydroxyl groups is 1. The predicted octanol–water partition coefficient (Wildman–Crippen LogP) is 4.07. The van der Waals surface area contributed by atoms with Gasteiger partial charge < -0.3 is 5.11 Å². The van der Waals surface area contributed by atoms with Crippen LogP contribution in [0.3, 0.4) is 0 Å². The molecule has 0 bridgehead atoms. The number of aliphatic hydroxyl groups excluding tert-OH is 1. The minimum absolute atomic E-state index is 0.242. The van der Waals surface area contributed by atoms with Crippen molar-refractivity contribution in [3.63, 3.8) is 0 Å². The number of rotatable bonds is 1. The van der Waals surface area contributed by atoms with Gasteiger partial charge in [0.15, 0.2) is 0 Å². The molecule has 1 atom stereocenters. The van der Waals surface area contributed by atoms with Crippen LogP contribution >= 0.6 is 23.2 Å². The Morgan fingerprint density at radius 2 is 1.79 bits per heavy atom. The van der Waals surface area contributed by atoms with E-state index in [1.54, 1.807) is 18.2 Å². The van der Waals surface area contributed by atoms with Crippen LogP contribution in [0.2, 0.25) is 10.0 Å². The summed E-state index contributed by atoms with van der Waals surface area (Å²) in [4.78, 5) is 0. The SMILES string of the molecule is CC(C)(C)C(O)c1cccc(Cl)c1Cl. The van der Waals surface area contributed by atoms with Crippen LogP contribution in [0.25, 0.3) is 0 Å². The van der Waals surface area contributed by atoms with E-state index in [0.29, 0.717) is 15.6 Å². The predicted molar refractivity (Wildman–Crippen MR) is 60.9 cm³/mol. The largest absolute Gasteiger partial charge is 0.388 e. The van der Waals surface area contributed by atoms with Gasteiger partial charge in [0.1, 0.15) is 0 Å². The highest BCUT2D eigenvalue weighted by atomic mass is 35.5. The maximum atomic E-state index is 10.0. The molecule has 0 aliphatic rings. The Morgan fingerprint density at radius 1 is 1.21 bits per heavy atom. The Labute approximate surface area is 94.7 Å². The molecule has 1 unspecified atom stereocenters. The molecule has 0 aromatic heterocycles. The van der Waals surface area contributed by atoms with Gasteiger partial charge in [-0.1, -0.05) is 56.1 Å². The quantitative estimate of drug-likeness (QED) is 0.775. The van der Waals surface area contributed by atoms with Crippen LogP contribution in [0.15, 0.2) is 18.2 Å². The van der Waals surface area contributed by atoms with E-state index in [1.807, 2.05) is 20.8 Å². The number of halogens is 2. The molecule has 0 aliphatic carbocycles. The lowest BCUT2D eigenvalue weighted by atomic mass is 9.85. The minimum atomic E-state index is -0.603. The molecule has 1 nitrogen and oxygen atoms in total. The zero-order valence-electron chi connectivity index (χ0n) is 8.51. The summed E-state index contributed by atoms with van der Waals surface area (Å²) in [6, 6.07) is 5.30. The average molecular weight is 233 g/mol. The highest BCUT2D eigenvalue weighted by Crippen LogP contribution is 2.38. The van der Waals surface area contributed by atoms with Crippen LogP contribution in [0.1, 0.15) is 32.4 Å². The molecule has 1 aromatic carbocycles. The highest BCUT2D eigenvalue weighted by molar-refractivity contribution is 6.42. The van der Waals surface area contributed by atoms with E-state index in [9.17, 15) is 5.11 Å². The summed E-state index contributed by atoms with van der Waals surface area (Å²) >= 11 is 11.9. The summed E-state index contributed by atoms with van der Waals surface area (Å²) in [5.41, 5.74) is 0.445. The molecule has 3 heteroatoms. The Morgan fingerprint density at radius 3 is 2.29 bits per heavy atom. The Balaban J connectivity index is 3.14. The van der Waals surface area contributed by atoms with Gasteiger partial charge in [0, 0.05) is 5.56 Å². The first-order chi connectivity index (χ1) is 6.34. The van der Waals surface area contributed by atoms with Crippen molar-refractivity contribution < 1.29 is 5.11 Å². The van der Waals surface area contributed by atoms with Gasteiger partial charge in [0.05, 0.1) is 16.1 Å². The van der Waals surface area contributed by atoms with E-state index in [2.05, 4.69) is 0 Å². The normalized spacial score (nSPS) is 14.1. The molecule has 0 saturated heterocycles. The van der Waals surface area contributed by atoms with Crippen molar-refractivity contribution >= 4 is 23.2 Å². The zero-order valence-corrected chi connectivity index (χ0v) is 10.0. The smallest absolute Gasteiger partial charge is 0.0853 e. The van der Waals surface area contributed by atoms with Gasteiger partial charge in [-0.3, -0.25) is 0 Å². The fourth-order valence-electron chi connectivity index (χ4n) is 1.20. The maximum Gasteiger partial charge on any atom is 0.0853 e. The Kier molecular flexibility index (Phi) is 3.46. The fraction of sp³-hybridized carbons (Fsp3) is 0.455. The van der Waals surface area contributed by atoms with Crippen LogP contribution in [0.5, 0.6) is 0 Å². The third-order valence-electron chi connectivity index (χ3n) is 2.10. The van der Waals surface area contributed by atoms with Gasteiger partial charge in [-0.15, -0.1) is 0 Å². The summed E-state index contributed by atoms with van der Waals surface area (Å²) in [6.07, 6.45) is -0.603. The fourth-order valence-corrected chi connectivity index (χ4v) is 1.61. The van der Waals surface area contributed by atoms with Crippen LogP contribution in [0, 0.1) is 5.41 Å². The van der Waals surface area contributed by atoms with Gasteiger partial charge in [0.25, 0.3) is 0 Å². The molecule has 1 N–H and O–H groups in total. The van der Waals surface area contributed by atoms with E-state index in [0.717, 1.165) is 0 Å². The third-order valence-corrected chi connectivity index (χ3v) is 2.93. The summed E-state index contributed by atoms with van der Waals surface area (Å²) in [7, 11) is 0. The molecule has 78 valence electrons. The molecule has 14 heavy (non-hydrogen) atoms. The molecular formula is C11H14Cl2O. The average Bonchev–Trinajstić information content (AvgIpc) is 2.07. The monoisotopic (exact) mass is 232 g/mol. The van der Waals surface area contributed by atoms with Crippen molar-refractivity contribution in [2.75, 3.05) is 0 Å². The van der Waals surface area contributed by atoms with E-state index < -0.39 is 6.10 Å². The third kappa shape index (κ3) is 2.41. The van der Waals surface area contributed by atoms with Crippen LogP contribution in [-0.2, 0) is 0 Å². The first-order valence-electron chi connectivity index (χ1n) is 4.46. The molecular weight excluding hydrogens is 219 g/mol. The summed E-state index contributed by atoms with van der Waals surface area (Å²) in [5, 5.41) is 10.9. The molecule has 0 saturated carbocycles. The van der Waals surface area contributed by atoms with Crippen molar-refractivity contribution in [3.05, 3.63) is 33.8 Å². The molecule has 1 aromatic rings. The molecule has 0 radical (unpaired) electrons. The molecule has 0 fully saturated rings. The number of hydrogen-bond acceptors (Lipinski definition) is 1. The van der Waals surface area contributed by atoms with Gasteiger partial charge in [-0.05, 0) is 11.5 Å². The van der Waals surface area contributed by atoms with E-state index in [4.69, 9.17) is 23.2 Å². The maximum absolute atomic E-state index is 10.0. The van der Waals surface area contributed by atoms with Gasteiger partial charge in [0.2, 0.25) is 0 Å². The topological polar surface area (TPSA) is 20.2 Å². The molecule has 0 aliphatic heterocycles. The number of benzene rings is 1.